The van der Waals surface area contributed by atoms with Crippen LogP contribution in [0.2, 0.25) is 0 Å². The van der Waals surface area contributed by atoms with Crippen molar-refractivity contribution in [3.8, 4) is 0 Å². The quantitative estimate of drug-likeness (QED) is 0.776. The smallest absolute Gasteiger partial charge is 0.232 e. The molecule has 0 spiro atoms. The molecule has 2 aliphatic carbocycles. The Morgan fingerprint density at radius 1 is 1.27 bits per heavy atom. The minimum Gasteiger partial charge on any atom is -0.274 e. The van der Waals surface area contributed by atoms with Gasteiger partial charge in [0.1, 0.15) is 5.49 Å². The van der Waals surface area contributed by atoms with Crippen LogP contribution >= 0.6 is 0 Å². The Labute approximate surface area is 132 Å². The van der Waals surface area contributed by atoms with Gasteiger partial charge in [-0.15, -0.1) is 0 Å². The molecule has 0 radical (unpaired) electrons. The molecule has 1 aromatic rings. The van der Waals surface area contributed by atoms with Crippen molar-refractivity contribution in [1.82, 2.24) is 4.57 Å². The van der Waals surface area contributed by atoms with Crippen LogP contribution in [0.4, 0.5) is 0 Å². The summed E-state index contributed by atoms with van der Waals surface area (Å²) in [7, 11) is 0. The highest BCUT2D eigenvalue weighted by molar-refractivity contribution is 5.79. The van der Waals surface area contributed by atoms with Crippen LogP contribution in [0.3, 0.4) is 0 Å². The molecule has 22 heavy (non-hydrogen) atoms. The maximum Gasteiger partial charge on any atom is 0.232 e. The summed E-state index contributed by atoms with van der Waals surface area (Å²) >= 11 is 0. The van der Waals surface area contributed by atoms with E-state index < -0.39 is 0 Å². The average molecular weight is 298 g/mol. The monoisotopic (exact) mass is 298 g/mol. The molecule has 1 fully saturated rings. The van der Waals surface area contributed by atoms with E-state index in [9.17, 15) is 4.79 Å². The number of pyridine rings is 1. The number of nitrogens with zero attached hydrogens (tertiary/aromatic N) is 2. The molecule has 3 nitrogen and oxygen atoms in total. The van der Waals surface area contributed by atoms with Crippen molar-refractivity contribution in [1.29, 1.82) is 0 Å². The van der Waals surface area contributed by atoms with E-state index in [0.717, 1.165) is 31.2 Å². The zero-order valence-corrected chi connectivity index (χ0v) is 13.5. The molecule has 1 aromatic heterocycles. The van der Waals surface area contributed by atoms with Crippen LogP contribution in [0, 0.1) is 12.8 Å². The van der Waals surface area contributed by atoms with Gasteiger partial charge in [-0.25, -0.2) is 0 Å². The molecule has 3 rings (SSSR count). The first-order valence-electron chi connectivity index (χ1n) is 8.65. The molecule has 1 unspecified atom stereocenters. The molecule has 0 saturated heterocycles. The summed E-state index contributed by atoms with van der Waals surface area (Å²) in [6.07, 6.45) is 15.3. The first-order valence-corrected chi connectivity index (χ1v) is 8.65. The van der Waals surface area contributed by atoms with E-state index in [1.54, 1.807) is 4.57 Å². The molecule has 0 N–H and O–H groups in total. The lowest BCUT2D eigenvalue weighted by Crippen LogP contribution is -2.30. The molecular formula is C19H26N2O. The first kappa shape index (κ1) is 15.3. The number of hydrogen-bond donors (Lipinski definition) is 0. The number of carbonyl (C=O) groups is 1. The topological polar surface area (TPSA) is 34.4 Å². The van der Waals surface area contributed by atoms with Crippen LogP contribution in [-0.4, -0.2) is 16.5 Å². The second kappa shape index (κ2) is 7.08. The number of allylic oxidation sites excluding steroid dienone is 2. The highest BCUT2D eigenvalue weighted by atomic mass is 16.2. The summed E-state index contributed by atoms with van der Waals surface area (Å²) in [6, 6.07) is 4.44. The lowest BCUT2D eigenvalue weighted by molar-refractivity contribution is 0.0882. The molecule has 1 saturated carbocycles. The van der Waals surface area contributed by atoms with E-state index in [-0.39, 0.29) is 5.91 Å². The third kappa shape index (κ3) is 3.76. The molecular weight excluding hydrogens is 272 g/mol. The van der Waals surface area contributed by atoms with Crippen molar-refractivity contribution in [2.75, 3.05) is 0 Å². The summed E-state index contributed by atoms with van der Waals surface area (Å²) in [5, 5.41) is 0. The lowest BCUT2D eigenvalue weighted by Gasteiger charge is -2.18. The van der Waals surface area contributed by atoms with Gasteiger partial charge in [0.15, 0.2) is 0 Å². The fraction of sp³-hybridized carbons (Fsp3) is 0.579. The summed E-state index contributed by atoms with van der Waals surface area (Å²) in [5.41, 5.74) is 2.01. The van der Waals surface area contributed by atoms with Gasteiger partial charge in [-0.05, 0) is 56.2 Å². The van der Waals surface area contributed by atoms with E-state index in [1.807, 2.05) is 12.3 Å². The van der Waals surface area contributed by atoms with Gasteiger partial charge >= 0.3 is 0 Å². The predicted octanol–water partition coefficient (Wildman–Crippen LogP) is 4.03. The Kier molecular flexibility index (Phi) is 4.91. The van der Waals surface area contributed by atoms with E-state index in [0.29, 0.717) is 18.4 Å². The predicted molar refractivity (Wildman–Crippen MR) is 88.7 cm³/mol. The molecule has 0 bridgehead atoms. The Balaban J connectivity index is 1.84. The third-order valence-electron chi connectivity index (χ3n) is 4.80. The summed E-state index contributed by atoms with van der Waals surface area (Å²) in [5.74, 6) is 0.579. The first-order chi connectivity index (χ1) is 10.7. The van der Waals surface area contributed by atoms with Gasteiger partial charge in [-0.1, -0.05) is 31.4 Å². The van der Waals surface area contributed by atoms with E-state index in [4.69, 9.17) is 4.99 Å². The van der Waals surface area contributed by atoms with Crippen LogP contribution in [0.1, 0.15) is 61.7 Å². The van der Waals surface area contributed by atoms with E-state index >= 15 is 0 Å². The molecule has 118 valence electrons. The average Bonchev–Trinajstić information content (AvgIpc) is 3.01. The number of rotatable bonds is 3. The summed E-state index contributed by atoms with van der Waals surface area (Å²) in [4.78, 5) is 17.5. The Hall–Kier alpha value is -1.64. The van der Waals surface area contributed by atoms with E-state index in [2.05, 4.69) is 25.1 Å². The van der Waals surface area contributed by atoms with Gasteiger partial charge in [0.25, 0.3) is 0 Å². The highest BCUT2D eigenvalue weighted by Gasteiger charge is 2.17. The number of aromatic nitrogens is 1. The van der Waals surface area contributed by atoms with Crippen LogP contribution in [0.15, 0.2) is 35.5 Å². The number of aryl methyl sites for hydroxylation is 1. The van der Waals surface area contributed by atoms with Crippen LogP contribution in [-0.2, 0) is 0 Å². The molecule has 0 aromatic carbocycles. The van der Waals surface area contributed by atoms with Gasteiger partial charge in [-0.3, -0.25) is 14.4 Å². The van der Waals surface area contributed by atoms with Crippen molar-refractivity contribution in [2.45, 2.75) is 64.3 Å². The van der Waals surface area contributed by atoms with Gasteiger partial charge in [0.2, 0.25) is 5.91 Å². The Morgan fingerprint density at radius 3 is 2.82 bits per heavy atom. The zero-order valence-electron chi connectivity index (χ0n) is 13.5. The van der Waals surface area contributed by atoms with Gasteiger partial charge < -0.3 is 0 Å². The van der Waals surface area contributed by atoms with Crippen molar-refractivity contribution in [3.05, 3.63) is 41.5 Å². The van der Waals surface area contributed by atoms with Crippen LogP contribution < -0.4 is 5.49 Å². The minimum absolute atomic E-state index is 0.172. The van der Waals surface area contributed by atoms with E-state index in [1.165, 1.54) is 24.8 Å². The van der Waals surface area contributed by atoms with Gasteiger partial charge in [0, 0.05) is 12.6 Å². The number of carbonyl (C=O) groups excluding carboxylic acids is 1. The van der Waals surface area contributed by atoms with Crippen LogP contribution in [0.25, 0.3) is 0 Å². The number of hydrogen-bond acceptors (Lipinski definition) is 2. The second-order valence-electron chi connectivity index (χ2n) is 6.72. The standard InChI is InChI=1S/C19H26N2O/c1-15-11-12-21(19(22)14-16-7-5-6-8-16)18(13-15)20-17-9-3-2-4-10-17/h5,7,11-13,16-17H,2-4,6,8-10,14H2,1H3. The minimum atomic E-state index is 0.172. The van der Waals surface area contributed by atoms with Crippen molar-refractivity contribution < 1.29 is 4.79 Å². The van der Waals surface area contributed by atoms with Crippen molar-refractivity contribution in [2.24, 2.45) is 10.9 Å². The SMILES string of the molecule is Cc1ccn(C(=O)CC2C=CCC2)c(=NC2CCCCC2)c1. The van der Waals surface area contributed by atoms with Gasteiger partial charge in [-0.2, -0.15) is 0 Å². The lowest BCUT2D eigenvalue weighted by atomic mass is 9.96. The van der Waals surface area contributed by atoms with Crippen LogP contribution in [0.5, 0.6) is 0 Å². The fourth-order valence-corrected chi connectivity index (χ4v) is 3.49. The van der Waals surface area contributed by atoms with Gasteiger partial charge in [0.05, 0.1) is 6.04 Å². The molecule has 0 amide bonds. The maximum absolute atomic E-state index is 12.6. The maximum atomic E-state index is 12.6. The summed E-state index contributed by atoms with van der Waals surface area (Å²) in [6.45, 7) is 2.06. The molecule has 2 aliphatic rings. The molecule has 0 aliphatic heterocycles. The molecule has 1 atom stereocenters. The molecule has 3 heteroatoms. The summed E-state index contributed by atoms with van der Waals surface area (Å²) < 4.78 is 1.77. The second-order valence-corrected chi connectivity index (χ2v) is 6.72. The highest BCUT2D eigenvalue weighted by Crippen LogP contribution is 2.21. The molecule has 1 heterocycles. The van der Waals surface area contributed by atoms with Crippen molar-refractivity contribution >= 4 is 5.91 Å². The Morgan fingerprint density at radius 2 is 2.09 bits per heavy atom. The Bertz CT molecular complexity index is 621. The third-order valence-corrected chi connectivity index (χ3v) is 4.80. The van der Waals surface area contributed by atoms with Crippen molar-refractivity contribution in [3.63, 3.8) is 0 Å². The largest absolute Gasteiger partial charge is 0.274 e. The zero-order chi connectivity index (χ0) is 15.4. The fourth-order valence-electron chi connectivity index (χ4n) is 3.49. The normalized spacial score (nSPS) is 23.1.